The molecule has 2 rings (SSSR count). The normalized spacial score (nSPS) is 11.0. The Kier molecular flexibility index (Phi) is 12.2. The van der Waals surface area contributed by atoms with Crippen LogP contribution in [-0.2, 0) is 25.4 Å². The number of nitrogens with zero attached hydrogens (tertiary/aromatic N) is 3. The van der Waals surface area contributed by atoms with Gasteiger partial charge in [-0.15, -0.1) is 11.3 Å². The molecule has 0 aliphatic heterocycles. The van der Waals surface area contributed by atoms with Crippen LogP contribution in [0.2, 0.25) is 0 Å². The summed E-state index contributed by atoms with van der Waals surface area (Å²) in [6, 6.07) is 8.14. The van der Waals surface area contributed by atoms with E-state index < -0.39 is 22.0 Å². The highest BCUT2D eigenvalue weighted by atomic mass is 32.2. The highest BCUT2D eigenvalue weighted by Gasteiger charge is 2.10. The molecule has 0 atom stereocenters. The smallest absolute Gasteiger partial charge is 0.328 e. The molecule has 1 heterocycles. The number of carboxylic acids is 2. The third-order valence-electron chi connectivity index (χ3n) is 3.10. The number of nitrogens with two attached hydrogens (primary N) is 2. The molecule has 0 saturated heterocycles. The maximum Gasteiger partial charge on any atom is 0.328 e. The van der Waals surface area contributed by atoms with Crippen molar-refractivity contribution in [2.75, 3.05) is 12.3 Å². The second-order valence-electron chi connectivity index (χ2n) is 5.69. The van der Waals surface area contributed by atoms with Gasteiger partial charge in [0.25, 0.3) is 10.0 Å². The lowest BCUT2D eigenvalue weighted by Crippen LogP contribution is -2.22. The molecule has 12 nitrogen and oxygen atoms in total. The van der Waals surface area contributed by atoms with Crippen LogP contribution in [0.4, 0.5) is 5.13 Å². The van der Waals surface area contributed by atoms with Gasteiger partial charge in [-0.05, 0) is 12.1 Å². The highest BCUT2D eigenvalue weighted by molar-refractivity contribution is 7.98. The van der Waals surface area contributed by atoms with Gasteiger partial charge in [0.1, 0.15) is 0 Å². The first kappa shape index (κ1) is 27.6. The zero-order chi connectivity index (χ0) is 24.7. The van der Waals surface area contributed by atoms with Crippen LogP contribution in [0.5, 0.6) is 0 Å². The molecule has 33 heavy (non-hydrogen) atoms. The van der Waals surface area contributed by atoms with Gasteiger partial charge in [0, 0.05) is 35.6 Å². The van der Waals surface area contributed by atoms with Crippen LogP contribution in [0.1, 0.15) is 5.69 Å². The number of carboxylic acid groups (broad SMARTS) is 2. The molecule has 0 fully saturated rings. The Morgan fingerprint density at radius 3 is 2.36 bits per heavy atom. The van der Waals surface area contributed by atoms with Crippen LogP contribution in [0.25, 0.3) is 0 Å². The zero-order valence-corrected chi connectivity index (χ0v) is 19.5. The first-order valence-electron chi connectivity index (χ1n) is 8.91. The molecule has 0 spiro atoms. The van der Waals surface area contributed by atoms with Gasteiger partial charge in [0.2, 0.25) is 5.13 Å². The average Bonchev–Trinajstić information content (AvgIpc) is 3.19. The number of guanidine groups is 1. The fraction of sp³-hybridized carbons (Fsp3) is 0.167. The molecule has 0 amide bonds. The lowest BCUT2D eigenvalue weighted by molar-refractivity contribution is -0.134. The van der Waals surface area contributed by atoms with Gasteiger partial charge in [0.15, 0.2) is 5.96 Å². The van der Waals surface area contributed by atoms with Crippen LogP contribution >= 0.6 is 23.1 Å². The van der Waals surface area contributed by atoms with Crippen molar-refractivity contribution >= 4 is 62.5 Å². The van der Waals surface area contributed by atoms with Crippen LogP contribution < -0.4 is 16.2 Å². The van der Waals surface area contributed by atoms with E-state index in [0.717, 1.165) is 11.4 Å². The molecule has 7 N–H and O–H groups in total. The number of thiazole rings is 1. The van der Waals surface area contributed by atoms with E-state index in [1.807, 2.05) is 5.38 Å². The van der Waals surface area contributed by atoms with E-state index in [1.165, 1.54) is 29.8 Å². The van der Waals surface area contributed by atoms with E-state index in [2.05, 4.69) is 19.7 Å². The predicted octanol–water partition coefficient (Wildman–Crippen LogP) is 1.000. The van der Waals surface area contributed by atoms with Gasteiger partial charge in [-0.2, -0.15) is 16.8 Å². The number of hydrogen-bond donors (Lipinski definition) is 5. The number of hydrogen-bond acceptors (Lipinski definition) is 9. The highest BCUT2D eigenvalue weighted by Crippen LogP contribution is 2.21. The Bertz CT molecular complexity index is 1080. The van der Waals surface area contributed by atoms with Crippen LogP contribution in [0.15, 0.2) is 62.7 Å². The Balaban J connectivity index is 0.000000582. The largest absolute Gasteiger partial charge is 0.478 e. The summed E-state index contributed by atoms with van der Waals surface area (Å²) < 4.78 is 26.2. The topological polar surface area (TPSA) is 210 Å². The summed E-state index contributed by atoms with van der Waals surface area (Å²) in [4.78, 5) is 31.5. The fourth-order valence-corrected chi connectivity index (χ4v) is 4.21. The van der Waals surface area contributed by atoms with Crippen molar-refractivity contribution < 1.29 is 28.2 Å². The van der Waals surface area contributed by atoms with E-state index in [4.69, 9.17) is 21.7 Å². The van der Waals surface area contributed by atoms with E-state index in [-0.39, 0.29) is 10.9 Å². The van der Waals surface area contributed by atoms with Crippen molar-refractivity contribution in [1.82, 2.24) is 9.71 Å². The maximum absolute atomic E-state index is 11.9. The summed E-state index contributed by atoms with van der Waals surface area (Å²) in [6.07, 6.45) is 2.33. The summed E-state index contributed by atoms with van der Waals surface area (Å²) in [7, 11) is -3.55. The van der Waals surface area contributed by atoms with Gasteiger partial charge >= 0.3 is 11.9 Å². The second-order valence-corrected chi connectivity index (χ2v) is 9.35. The number of benzene rings is 1. The van der Waals surface area contributed by atoms with Crippen LogP contribution in [-0.4, -0.2) is 60.1 Å². The van der Waals surface area contributed by atoms with Crippen molar-refractivity contribution in [1.29, 1.82) is 0 Å². The third-order valence-corrected chi connectivity index (χ3v) is 6.16. The fourth-order valence-electron chi connectivity index (χ4n) is 1.80. The standard InChI is InChI=1S/C14H18N6O2S3.C4H4O4/c15-13(16)20-14-19-11(9-24-14)8-23-7-6-17-10-18-25(21,22)12-4-2-1-3-5-12;5-3(6)1-2-4(7)8/h1-5,9-10H,6-8H2,(H,17,18)(H4,15,16,19,20);1-2H,(H,5,6)(H,7,8)/b;2-1-. The Hall–Kier alpha value is -3.43. The number of thioether (sulfide) groups is 1. The van der Waals surface area contributed by atoms with Gasteiger partial charge in [0.05, 0.1) is 16.9 Å². The van der Waals surface area contributed by atoms with Crippen LogP contribution in [0, 0.1) is 0 Å². The number of aromatic nitrogens is 1. The first-order valence-corrected chi connectivity index (χ1v) is 12.4. The number of carbonyl (C=O) groups is 2. The molecule has 0 radical (unpaired) electrons. The molecule has 0 aliphatic carbocycles. The lowest BCUT2D eigenvalue weighted by atomic mass is 10.4. The van der Waals surface area contributed by atoms with Gasteiger partial charge < -0.3 is 21.7 Å². The van der Waals surface area contributed by atoms with Crippen LogP contribution in [0.3, 0.4) is 0 Å². The summed E-state index contributed by atoms with van der Waals surface area (Å²) in [6.45, 7) is 0.493. The molecular formula is C18H22N6O6S3. The second kappa shape index (κ2) is 14.6. The predicted molar refractivity (Wildman–Crippen MR) is 128 cm³/mol. The molecule has 0 saturated carbocycles. The van der Waals surface area contributed by atoms with Crippen molar-refractivity contribution in [3.63, 3.8) is 0 Å². The summed E-state index contributed by atoms with van der Waals surface area (Å²) >= 11 is 3.01. The van der Waals surface area contributed by atoms with Crippen molar-refractivity contribution in [3.8, 4) is 0 Å². The number of nitrogens with one attached hydrogen (secondary N) is 1. The van der Waals surface area contributed by atoms with Crippen molar-refractivity contribution in [2.45, 2.75) is 10.6 Å². The first-order chi connectivity index (χ1) is 15.6. The molecular weight excluding hydrogens is 492 g/mol. The maximum atomic E-state index is 11.9. The molecule has 15 heteroatoms. The number of aliphatic carboxylic acids is 2. The van der Waals surface area contributed by atoms with Gasteiger partial charge in [-0.1, -0.05) is 18.2 Å². The minimum atomic E-state index is -3.55. The minimum Gasteiger partial charge on any atom is -0.478 e. The quantitative estimate of drug-likeness (QED) is 0.124. The number of sulfonamides is 1. The Morgan fingerprint density at radius 2 is 1.79 bits per heavy atom. The SMILES string of the molecule is NC(N)=Nc1nc(CSCCN=CNS(=O)(=O)c2ccccc2)cs1.O=C(O)/C=C\C(=O)O. The monoisotopic (exact) mass is 514 g/mol. The molecule has 0 unspecified atom stereocenters. The molecule has 0 aliphatic rings. The lowest BCUT2D eigenvalue weighted by Gasteiger charge is -2.02. The molecule has 1 aromatic heterocycles. The van der Waals surface area contributed by atoms with E-state index >= 15 is 0 Å². The zero-order valence-electron chi connectivity index (χ0n) is 17.1. The third kappa shape index (κ3) is 12.9. The molecule has 0 bridgehead atoms. The molecule has 2 aromatic rings. The van der Waals surface area contributed by atoms with E-state index in [1.54, 1.807) is 30.0 Å². The summed E-state index contributed by atoms with van der Waals surface area (Å²) in [5.41, 5.74) is 11.5. The molecule has 1 aromatic carbocycles. The number of rotatable bonds is 11. The van der Waals surface area contributed by atoms with Gasteiger partial charge in [-0.25, -0.2) is 23.0 Å². The summed E-state index contributed by atoms with van der Waals surface area (Å²) in [5.74, 6) is -1.08. The average molecular weight is 515 g/mol. The Morgan fingerprint density at radius 1 is 1.15 bits per heavy atom. The minimum absolute atomic E-state index is 0.0131. The van der Waals surface area contributed by atoms with E-state index in [0.29, 0.717) is 29.6 Å². The summed E-state index contributed by atoms with van der Waals surface area (Å²) in [5, 5.41) is 18.1. The van der Waals surface area contributed by atoms with E-state index in [9.17, 15) is 18.0 Å². The molecule has 178 valence electrons. The van der Waals surface area contributed by atoms with Crippen molar-refractivity contribution in [2.24, 2.45) is 21.5 Å². The number of aliphatic imine (C=N–C) groups is 2. The van der Waals surface area contributed by atoms with Gasteiger partial charge in [-0.3, -0.25) is 9.71 Å². The Labute approximate surface area is 198 Å². The van der Waals surface area contributed by atoms with Crippen molar-refractivity contribution in [3.05, 3.63) is 53.6 Å².